The van der Waals surface area contributed by atoms with Gasteiger partial charge < -0.3 is 10.7 Å². The van der Waals surface area contributed by atoms with Crippen LogP contribution in [-0.4, -0.2) is 4.98 Å². The van der Waals surface area contributed by atoms with Crippen LogP contribution in [0.1, 0.15) is 5.69 Å². The lowest BCUT2D eigenvalue weighted by Crippen LogP contribution is -1.86. The van der Waals surface area contributed by atoms with Crippen molar-refractivity contribution >= 4 is 16.6 Å². The zero-order valence-electron chi connectivity index (χ0n) is 6.63. The number of fused-ring (bicyclic) bond motifs is 1. The van der Waals surface area contributed by atoms with E-state index >= 15 is 0 Å². The molecule has 0 saturated heterocycles. The van der Waals surface area contributed by atoms with Crippen molar-refractivity contribution in [2.24, 2.45) is 0 Å². The Bertz CT molecular complexity index is 468. The number of anilines is 1. The normalized spacial score (nSPS) is 10.2. The number of nitrogen functional groups attached to an aromatic ring is 1. The molecule has 0 saturated carbocycles. The highest BCUT2D eigenvalue weighted by Crippen LogP contribution is 2.23. The standard InChI is InChI=1S/C9H6FN3/c10-7-1-2-8(12)6-3-5(4-11)13-9(6)7/h1-3,13H,12H2. The summed E-state index contributed by atoms with van der Waals surface area (Å²) in [4.78, 5) is 2.64. The molecule has 1 aromatic heterocycles. The zero-order chi connectivity index (χ0) is 9.42. The third-order valence-electron chi connectivity index (χ3n) is 1.90. The fourth-order valence-electron chi connectivity index (χ4n) is 1.27. The van der Waals surface area contributed by atoms with Crippen molar-refractivity contribution in [2.45, 2.75) is 0 Å². The van der Waals surface area contributed by atoms with Crippen LogP contribution in [0.25, 0.3) is 10.9 Å². The Morgan fingerprint density at radius 2 is 2.23 bits per heavy atom. The molecule has 13 heavy (non-hydrogen) atoms. The van der Waals surface area contributed by atoms with Crippen molar-refractivity contribution in [1.82, 2.24) is 4.98 Å². The third kappa shape index (κ3) is 1.02. The number of H-pyrrole nitrogens is 1. The minimum Gasteiger partial charge on any atom is -0.398 e. The molecule has 0 bridgehead atoms. The molecule has 0 fully saturated rings. The van der Waals surface area contributed by atoms with Crippen LogP contribution in [0, 0.1) is 17.1 Å². The number of aromatic amines is 1. The number of hydrogen-bond donors (Lipinski definition) is 2. The van der Waals surface area contributed by atoms with Gasteiger partial charge in [-0.1, -0.05) is 0 Å². The summed E-state index contributed by atoms with van der Waals surface area (Å²) in [5.41, 5.74) is 6.66. The van der Waals surface area contributed by atoms with Crippen LogP contribution >= 0.6 is 0 Å². The Morgan fingerprint density at radius 3 is 2.85 bits per heavy atom. The quantitative estimate of drug-likeness (QED) is 0.599. The van der Waals surface area contributed by atoms with Gasteiger partial charge in [-0.15, -0.1) is 0 Å². The Morgan fingerprint density at radius 1 is 1.46 bits per heavy atom. The molecule has 0 aliphatic heterocycles. The first-order valence-electron chi connectivity index (χ1n) is 3.69. The molecule has 1 heterocycles. The van der Waals surface area contributed by atoms with Gasteiger partial charge in [-0.2, -0.15) is 5.26 Å². The van der Waals surface area contributed by atoms with E-state index in [0.29, 0.717) is 16.8 Å². The summed E-state index contributed by atoms with van der Waals surface area (Å²) < 4.78 is 13.1. The van der Waals surface area contributed by atoms with Gasteiger partial charge >= 0.3 is 0 Å². The monoisotopic (exact) mass is 175 g/mol. The summed E-state index contributed by atoms with van der Waals surface area (Å²) in [7, 11) is 0. The van der Waals surface area contributed by atoms with Crippen LogP contribution in [0.5, 0.6) is 0 Å². The van der Waals surface area contributed by atoms with Crippen molar-refractivity contribution in [3.63, 3.8) is 0 Å². The topological polar surface area (TPSA) is 65.6 Å². The SMILES string of the molecule is N#Cc1cc2c(N)ccc(F)c2[nH]1. The average molecular weight is 175 g/mol. The number of halogens is 1. The highest BCUT2D eigenvalue weighted by Gasteiger charge is 2.07. The molecule has 1 aromatic carbocycles. The van der Waals surface area contributed by atoms with Gasteiger partial charge in [0.1, 0.15) is 17.6 Å². The Hall–Kier alpha value is -2.02. The molecule has 4 heteroatoms. The predicted molar refractivity (Wildman–Crippen MR) is 47.4 cm³/mol. The molecular weight excluding hydrogens is 169 g/mol. The summed E-state index contributed by atoms with van der Waals surface area (Å²) in [5.74, 6) is -0.397. The summed E-state index contributed by atoms with van der Waals surface area (Å²) >= 11 is 0. The van der Waals surface area contributed by atoms with E-state index in [9.17, 15) is 4.39 Å². The second-order valence-corrected chi connectivity index (χ2v) is 2.72. The fraction of sp³-hybridized carbons (Fsp3) is 0. The lowest BCUT2D eigenvalue weighted by Gasteiger charge is -1.95. The van der Waals surface area contributed by atoms with Crippen molar-refractivity contribution in [1.29, 1.82) is 5.26 Å². The third-order valence-corrected chi connectivity index (χ3v) is 1.90. The molecule has 0 unspecified atom stereocenters. The van der Waals surface area contributed by atoms with E-state index < -0.39 is 5.82 Å². The second kappa shape index (κ2) is 2.49. The average Bonchev–Trinajstić information content (AvgIpc) is 2.56. The molecule has 0 radical (unpaired) electrons. The molecule has 0 aliphatic rings. The molecule has 3 nitrogen and oxygen atoms in total. The van der Waals surface area contributed by atoms with Gasteiger partial charge in [0.05, 0.1) is 5.52 Å². The van der Waals surface area contributed by atoms with Gasteiger partial charge in [-0.25, -0.2) is 4.39 Å². The Balaban J connectivity index is 2.90. The van der Waals surface area contributed by atoms with E-state index in [1.165, 1.54) is 18.2 Å². The van der Waals surface area contributed by atoms with Crippen molar-refractivity contribution in [2.75, 3.05) is 5.73 Å². The van der Waals surface area contributed by atoms with Gasteiger partial charge in [0.2, 0.25) is 0 Å². The maximum Gasteiger partial charge on any atom is 0.147 e. The minimum absolute atomic E-state index is 0.288. The summed E-state index contributed by atoms with van der Waals surface area (Å²) in [6, 6.07) is 6.18. The molecule has 0 amide bonds. The van der Waals surface area contributed by atoms with E-state index in [2.05, 4.69) is 4.98 Å². The maximum absolute atomic E-state index is 13.1. The summed E-state index contributed by atoms with van der Waals surface area (Å²) in [6.07, 6.45) is 0. The number of nitrogens with two attached hydrogens (primary N) is 1. The molecule has 2 rings (SSSR count). The molecule has 0 spiro atoms. The van der Waals surface area contributed by atoms with E-state index in [1.54, 1.807) is 0 Å². The minimum atomic E-state index is -0.397. The molecule has 0 aliphatic carbocycles. The van der Waals surface area contributed by atoms with E-state index in [-0.39, 0.29) is 5.52 Å². The van der Waals surface area contributed by atoms with E-state index in [0.717, 1.165) is 0 Å². The number of hydrogen-bond acceptors (Lipinski definition) is 2. The first kappa shape index (κ1) is 7.62. The van der Waals surface area contributed by atoms with E-state index in [4.69, 9.17) is 11.0 Å². The molecule has 64 valence electrons. The van der Waals surface area contributed by atoms with Crippen LogP contribution in [0.15, 0.2) is 18.2 Å². The second-order valence-electron chi connectivity index (χ2n) is 2.72. The lowest BCUT2D eigenvalue weighted by atomic mass is 10.2. The van der Waals surface area contributed by atoms with Gasteiger partial charge in [0.25, 0.3) is 0 Å². The largest absolute Gasteiger partial charge is 0.398 e. The zero-order valence-corrected chi connectivity index (χ0v) is 6.63. The molecule has 0 atom stereocenters. The van der Waals surface area contributed by atoms with Crippen molar-refractivity contribution in [3.8, 4) is 6.07 Å². The molecule has 2 aromatic rings. The number of rotatable bonds is 0. The highest BCUT2D eigenvalue weighted by atomic mass is 19.1. The van der Waals surface area contributed by atoms with Gasteiger partial charge in [0, 0.05) is 11.1 Å². The van der Waals surface area contributed by atoms with Crippen molar-refractivity contribution < 1.29 is 4.39 Å². The fourth-order valence-corrected chi connectivity index (χ4v) is 1.27. The predicted octanol–water partition coefficient (Wildman–Crippen LogP) is 1.76. The van der Waals surface area contributed by atoms with Gasteiger partial charge in [0.15, 0.2) is 0 Å². The summed E-state index contributed by atoms with van der Waals surface area (Å²) in [6.45, 7) is 0. The van der Waals surface area contributed by atoms with Crippen LogP contribution in [-0.2, 0) is 0 Å². The van der Waals surface area contributed by atoms with Gasteiger partial charge in [-0.3, -0.25) is 0 Å². The first-order chi connectivity index (χ1) is 6.22. The van der Waals surface area contributed by atoms with Crippen molar-refractivity contribution in [3.05, 3.63) is 29.7 Å². The van der Waals surface area contributed by atoms with Crippen LogP contribution < -0.4 is 5.73 Å². The van der Waals surface area contributed by atoms with Crippen LogP contribution in [0.4, 0.5) is 10.1 Å². The first-order valence-corrected chi connectivity index (χ1v) is 3.69. The number of nitrogens with zero attached hydrogens (tertiary/aromatic N) is 1. The highest BCUT2D eigenvalue weighted by molar-refractivity contribution is 5.92. The molecular formula is C9H6FN3. The Kier molecular flexibility index (Phi) is 1.46. The molecule has 3 N–H and O–H groups in total. The van der Waals surface area contributed by atoms with Crippen LogP contribution in [0.2, 0.25) is 0 Å². The van der Waals surface area contributed by atoms with Gasteiger partial charge in [-0.05, 0) is 18.2 Å². The number of nitriles is 1. The van der Waals surface area contributed by atoms with E-state index in [1.807, 2.05) is 6.07 Å². The number of aromatic nitrogens is 1. The number of benzene rings is 1. The lowest BCUT2D eigenvalue weighted by molar-refractivity contribution is 0.637. The Labute approximate surface area is 73.6 Å². The maximum atomic E-state index is 13.1. The number of nitrogens with one attached hydrogen (secondary N) is 1. The summed E-state index contributed by atoms with van der Waals surface area (Å²) in [5, 5.41) is 9.13. The van der Waals surface area contributed by atoms with Crippen LogP contribution in [0.3, 0.4) is 0 Å². The smallest absolute Gasteiger partial charge is 0.147 e.